The van der Waals surface area contributed by atoms with E-state index in [1.54, 1.807) is 37.1 Å². The van der Waals surface area contributed by atoms with Crippen LogP contribution in [0.25, 0.3) is 11.0 Å². The molecule has 1 amide bonds. The third-order valence-corrected chi connectivity index (χ3v) is 5.45. The Morgan fingerprint density at radius 2 is 1.90 bits per heavy atom. The number of carbonyl (C=O) groups is 1. The number of rotatable bonds is 3. The topological polar surface area (TPSA) is 98.0 Å². The fourth-order valence-corrected chi connectivity index (χ4v) is 3.92. The normalized spacial score (nSPS) is 15.9. The zero-order chi connectivity index (χ0) is 21.4. The molecule has 1 aromatic carbocycles. The first kappa shape index (κ1) is 19.8. The molecule has 1 fully saturated rings. The number of piperazine rings is 1. The van der Waals surface area contributed by atoms with Crippen LogP contribution < -0.4 is 5.56 Å². The van der Waals surface area contributed by atoms with Crippen molar-refractivity contribution in [3.05, 3.63) is 63.3 Å². The second kappa shape index (κ2) is 7.72. The molecule has 8 nitrogen and oxygen atoms in total. The van der Waals surface area contributed by atoms with Crippen LogP contribution in [0.1, 0.15) is 27.7 Å². The summed E-state index contributed by atoms with van der Waals surface area (Å²) in [4.78, 5) is 33.5. The van der Waals surface area contributed by atoms with Gasteiger partial charge in [-0.2, -0.15) is 5.26 Å². The second-order valence-corrected chi connectivity index (χ2v) is 7.42. The fourth-order valence-electron chi connectivity index (χ4n) is 3.92. The summed E-state index contributed by atoms with van der Waals surface area (Å²) in [6.45, 7) is 3.63. The number of aryl methyl sites for hydroxylation is 2. The monoisotopic (exact) mass is 408 g/mol. The van der Waals surface area contributed by atoms with Gasteiger partial charge in [-0.3, -0.25) is 24.3 Å². The Kier molecular flexibility index (Phi) is 5.10. The number of carbonyl (C=O) groups excluding carboxylic acids is 1. The summed E-state index contributed by atoms with van der Waals surface area (Å²) in [7, 11) is 1.68. The predicted molar refractivity (Wildman–Crippen MR) is 108 cm³/mol. The van der Waals surface area contributed by atoms with Gasteiger partial charge in [-0.15, -0.1) is 0 Å². The molecule has 1 unspecified atom stereocenters. The Hall–Kier alpha value is -3.51. The van der Waals surface area contributed by atoms with Crippen molar-refractivity contribution in [1.82, 2.24) is 24.6 Å². The van der Waals surface area contributed by atoms with Crippen LogP contribution in [-0.4, -0.2) is 56.7 Å². The third kappa shape index (κ3) is 3.46. The number of aromatic nitrogens is 3. The Balaban J connectivity index is 1.54. The zero-order valence-corrected chi connectivity index (χ0v) is 16.7. The molecule has 1 atom stereocenters. The van der Waals surface area contributed by atoms with Crippen molar-refractivity contribution in [3.8, 4) is 6.07 Å². The third-order valence-electron chi connectivity index (χ3n) is 5.45. The van der Waals surface area contributed by atoms with Crippen molar-refractivity contribution in [2.75, 3.05) is 26.2 Å². The maximum atomic E-state index is 13.2. The molecule has 154 valence electrons. The lowest BCUT2D eigenvalue weighted by Gasteiger charge is -2.37. The molecule has 3 heterocycles. The molecule has 9 heteroatoms. The molecule has 1 aliphatic heterocycles. The predicted octanol–water partition coefficient (Wildman–Crippen LogP) is 1.73. The summed E-state index contributed by atoms with van der Waals surface area (Å²) < 4.78 is 14.7. The number of nitriles is 1. The first-order valence-corrected chi connectivity index (χ1v) is 9.64. The molecule has 4 rings (SSSR count). The Labute approximate surface area is 172 Å². The van der Waals surface area contributed by atoms with Gasteiger partial charge < -0.3 is 4.90 Å². The number of hydrogen-bond acceptors (Lipinski definition) is 5. The fraction of sp³-hybridized carbons (Fsp3) is 0.333. The second-order valence-electron chi connectivity index (χ2n) is 7.42. The van der Waals surface area contributed by atoms with Crippen LogP contribution in [0.2, 0.25) is 0 Å². The van der Waals surface area contributed by atoms with E-state index in [4.69, 9.17) is 0 Å². The van der Waals surface area contributed by atoms with Gasteiger partial charge in [0.2, 0.25) is 0 Å². The highest BCUT2D eigenvalue weighted by atomic mass is 19.1. The van der Waals surface area contributed by atoms with Gasteiger partial charge >= 0.3 is 0 Å². The van der Waals surface area contributed by atoms with E-state index >= 15 is 0 Å². The van der Waals surface area contributed by atoms with E-state index in [9.17, 15) is 19.2 Å². The standard InChI is InChI=1S/C21H21FN6O2/c1-13-11-16(18-19(24-13)26(2)25-20(18)29)21(30)28-9-7-27(8-10-28)17(12-23)14-3-5-15(22)6-4-14/h3-6,11,17H,7-10H2,1-2H3,(H,25,29). The maximum absolute atomic E-state index is 13.2. The van der Waals surface area contributed by atoms with Crippen molar-refractivity contribution in [2.45, 2.75) is 13.0 Å². The number of aromatic amines is 1. The molecule has 2 aromatic heterocycles. The van der Waals surface area contributed by atoms with E-state index in [1.165, 1.54) is 16.8 Å². The average Bonchev–Trinajstić information content (AvgIpc) is 3.02. The first-order valence-electron chi connectivity index (χ1n) is 9.64. The molecule has 30 heavy (non-hydrogen) atoms. The van der Waals surface area contributed by atoms with E-state index in [2.05, 4.69) is 16.2 Å². The minimum atomic E-state index is -0.505. The maximum Gasteiger partial charge on any atom is 0.274 e. The van der Waals surface area contributed by atoms with Crippen LogP contribution in [0, 0.1) is 24.1 Å². The van der Waals surface area contributed by atoms with Crippen LogP contribution in [0.5, 0.6) is 0 Å². The summed E-state index contributed by atoms with van der Waals surface area (Å²) in [5.41, 5.74) is 1.81. The number of hydrogen-bond donors (Lipinski definition) is 1. The van der Waals surface area contributed by atoms with Crippen molar-refractivity contribution < 1.29 is 9.18 Å². The average molecular weight is 408 g/mol. The quantitative estimate of drug-likeness (QED) is 0.712. The number of fused-ring (bicyclic) bond motifs is 1. The highest BCUT2D eigenvalue weighted by molar-refractivity contribution is 6.05. The van der Waals surface area contributed by atoms with E-state index in [0.717, 1.165) is 5.56 Å². The summed E-state index contributed by atoms with van der Waals surface area (Å²) in [6, 6.07) is 9.31. The Bertz CT molecular complexity index is 1200. The molecule has 3 aromatic rings. The van der Waals surface area contributed by atoms with Crippen molar-refractivity contribution in [3.63, 3.8) is 0 Å². The number of nitrogens with zero attached hydrogens (tertiary/aromatic N) is 5. The molecule has 1 aliphatic rings. The van der Waals surface area contributed by atoms with Gasteiger partial charge in [-0.1, -0.05) is 12.1 Å². The molecular weight excluding hydrogens is 387 g/mol. The van der Waals surface area contributed by atoms with E-state index < -0.39 is 6.04 Å². The van der Waals surface area contributed by atoms with Gasteiger partial charge in [-0.25, -0.2) is 9.37 Å². The lowest BCUT2D eigenvalue weighted by atomic mass is 10.0. The van der Waals surface area contributed by atoms with Crippen LogP contribution >= 0.6 is 0 Å². The highest BCUT2D eigenvalue weighted by Gasteiger charge is 2.29. The molecule has 0 spiro atoms. The zero-order valence-electron chi connectivity index (χ0n) is 16.7. The molecule has 1 saturated heterocycles. The van der Waals surface area contributed by atoms with Gasteiger partial charge in [0.05, 0.1) is 17.0 Å². The van der Waals surface area contributed by atoms with Gasteiger partial charge in [-0.05, 0) is 30.7 Å². The van der Waals surface area contributed by atoms with E-state index in [-0.39, 0.29) is 22.7 Å². The van der Waals surface area contributed by atoms with E-state index in [0.29, 0.717) is 43.1 Å². The summed E-state index contributed by atoms with van der Waals surface area (Å²) in [6.07, 6.45) is 0. The Morgan fingerprint density at radius 3 is 2.53 bits per heavy atom. The minimum Gasteiger partial charge on any atom is -0.336 e. The number of benzene rings is 1. The minimum absolute atomic E-state index is 0.225. The van der Waals surface area contributed by atoms with Gasteiger partial charge in [0.25, 0.3) is 11.5 Å². The Morgan fingerprint density at radius 1 is 1.23 bits per heavy atom. The van der Waals surface area contributed by atoms with E-state index in [1.807, 2.05) is 4.90 Å². The van der Waals surface area contributed by atoms with Crippen LogP contribution in [0.4, 0.5) is 4.39 Å². The number of nitrogens with one attached hydrogen (secondary N) is 1. The van der Waals surface area contributed by atoms with Crippen molar-refractivity contribution in [2.24, 2.45) is 7.05 Å². The molecule has 1 N–H and O–H groups in total. The molecule has 0 saturated carbocycles. The smallest absolute Gasteiger partial charge is 0.274 e. The number of halogens is 1. The van der Waals surface area contributed by atoms with Crippen LogP contribution in [-0.2, 0) is 7.05 Å². The lowest BCUT2D eigenvalue weighted by Crippen LogP contribution is -2.49. The van der Waals surface area contributed by atoms with Gasteiger partial charge in [0, 0.05) is 38.9 Å². The summed E-state index contributed by atoms with van der Waals surface area (Å²) in [5.74, 6) is -0.571. The molecule has 0 radical (unpaired) electrons. The molecular formula is C21H21FN6O2. The largest absolute Gasteiger partial charge is 0.336 e. The first-order chi connectivity index (χ1) is 14.4. The number of H-pyrrole nitrogens is 1. The number of amides is 1. The van der Waals surface area contributed by atoms with Crippen molar-refractivity contribution in [1.29, 1.82) is 5.26 Å². The van der Waals surface area contributed by atoms with Gasteiger partial charge in [0.1, 0.15) is 11.9 Å². The lowest BCUT2D eigenvalue weighted by molar-refractivity contribution is 0.0608. The number of pyridine rings is 1. The van der Waals surface area contributed by atoms with Crippen LogP contribution in [0.15, 0.2) is 35.1 Å². The molecule has 0 bridgehead atoms. The van der Waals surface area contributed by atoms with Gasteiger partial charge in [0.15, 0.2) is 5.65 Å². The molecule has 0 aliphatic carbocycles. The van der Waals surface area contributed by atoms with Crippen molar-refractivity contribution >= 4 is 16.9 Å². The summed E-state index contributed by atoms with van der Waals surface area (Å²) >= 11 is 0. The summed E-state index contributed by atoms with van der Waals surface area (Å²) in [5, 5.41) is 12.6. The van der Waals surface area contributed by atoms with Crippen LogP contribution in [0.3, 0.4) is 0 Å². The SMILES string of the molecule is Cc1cc(C(=O)N2CCN(C(C#N)c3ccc(F)cc3)CC2)c2c(=O)[nH]n(C)c2n1. The highest BCUT2D eigenvalue weighted by Crippen LogP contribution is 2.23.